The van der Waals surface area contributed by atoms with Crippen molar-refractivity contribution in [2.75, 3.05) is 0 Å². The van der Waals surface area contributed by atoms with Crippen molar-refractivity contribution >= 4 is 15.0 Å². The summed E-state index contributed by atoms with van der Waals surface area (Å²) in [7, 11) is 2.30. The van der Waals surface area contributed by atoms with Crippen molar-refractivity contribution in [1.82, 2.24) is 0 Å². The van der Waals surface area contributed by atoms with Gasteiger partial charge in [-0.25, -0.2) is 4.39 Å². The summed E-state index contributed by atoms with van der Waals surface area (Å²) in [6.45, 7) is 12.4. The molecule has 0 amide bonds. The van der Waals surface area contributed by atoms with Crippen LogP contribution in [0.3, 0.4) is 0 Å². The zero-order valence-corrected chi connectivity index (χ0v) is 21.9. The molecule has 182 valence electrons. The zero-order chi connectivity index (χ0) is 24.0. The second kappa shape index (κ2) is 9.51. The molecule has 0 spiro atoms. The third-order valence-electron chi connectivity index (χ3n) is 7.93. The summed E-state index contributed by atoms with van der Waals surface area (Å²) in [5, 5.41) is 9.74. The van der Waals surface area contributed by atoms with E-state index >= 15 is 0 Å². The number of rotatable bonds is 5. The fraction of sp³-hybridized carbons (Fsp3) is 0.679. The molecule has 1 N–H and O–H groups in total. The molecule has 1 saturated carbocycles. The van der Waals surface area contributed by atoms with Crippen LogP contribution in [-0.4, -0.2) is 34.5 Å². The van der Waals surface area contributed by atoms with Crippen LogP contribution >= 0.6 is 9.24 Å². The van der Waals surface area contributed by atoms with Crippen LogP contribution in [0.5, 0.6) is 0 Å². The van der Waals surface area contributed by atoms with Gasteiger partial charge >= 0.3 is 0 Å². The molecule has 4 rings (SSSR count). The molecule has 2 fully saturated rings. The summed E-state index contributed by atoms with van der Waals surface area (Å²) in [6, 6.07) is 0. The smallest absolute Gasteiger partial charge is 0.127 e. The SMILES string of the molecule is C=C1C(=NC2=C(CC3CCCC3)[C@@H](O)CC(C)(C)C2)C(C)OC1C1=CCC([C@@](C)(F)P)C=C1. The lowest BCUT2D eigenvalue weighted by Gasteiger charge is -2.36. The largest absolute Gasteiger partial charge is 0.389 e. The number of hydrogen-bond acceptors (Lipinski definition) is 3. The lowest BCUT2D eigenvalue weighted by atomic mass is 9.73. The van der Waals surface area contributed by atoms with Gasteiger partial charge in [0.1, 0.15) is 11.5 Å². The minimum atomic E-state index is -1.32. The maximum Gasteiger partial charge on any atom is 0.127 e. The molecule has 5 heteroatoms. The van der Waals surface area contributed by atoms with Gasteiger partial charge in [-0.05, 0) is 62.0 Å². The lowest BCUT2D eigenvalue weighted by molar-refractivity contribution is 0.104. The standard InChI is InChI=1S/C28H41FNO2P/c1-17-25(18(2)32-26(17)20-10-12-21(13-11-20)28(5,29)33)30-23-15-27(3,4)16-24(31)22(23)14-19-8-6-7-9-19/h10-12,18-19,21,24,26,31H,1,6-9,13-16,33H2,2-5H3/t18?,21?,24-,26?,28-/m0/s1. The average molecular weight is 474 g/mol. The third kappa shape index (κ3) is 5.60. The Balaban J connectivity index is 1.59. The number of aliphatic hydroxyl groups is 1. The number of aliphatic imine (C=N–C) groups is 1. The fourth-order valence-corrected chi connectivity index (χ4v) is 6.20. The molecule has 0 radical (unpaired) electrons. The number of alkyl halides is 1. The van der Waals surface area contributed by atoms with Crippen molar-refractivity contribution in [2.24, 2.45) is 22.2 Å². The highest BCUT2D eigenvalue weighted by molar-refractivity contribution is 7.18. The zero-order valence-electron chi connectivity index (χ0n) is 20.7. The average Bonchev–Trinajstić information content (AvgIpc) is 3.33. The van der Waals surface area contributed by atoms with Gasteiger partial charge in [-0.3, -0.25) is 4.99 Å². The van der Waals surface area contributed by atoms with Crippen molar-refractivity contribution < 1.29 is 14.2 Å². The molecule has 1 aliphatic heterocycles. The van der Waals surface area contributed by atoms with Gasteiger partial charge in [0.15, 0.2) is 0 Å². The maximum atomic E-state index is 14.3. The Morgan fingerprint density at radius 2 is 2.03 bits per heavy atom. The Kier molecular flexibility index (Phi) is 7.21. The van der Waals surface area contributed by atoms with Gasteiger partial charge < -0.3 is 9.84 Å². The molecule has 6 atom stereocenters. The predicted octanol–water partition coefficient (Wildman–Crippen LogP) is 6.85. The Morgan fingerprint density at radius 1 is 1.33 bits per heavy atom. The number of hydrogen-bond donors (Lipinski definition) is 1. The Bertz CT molecular complexity index is 901. The van der Waals surface area contributed by atoms with E-state index in [4.69, 9.17) is 9.73 Å². The van der Waals surface area contributed by atoms with Crippen molar-refractivity contribution in [3.05, 3.63) is 47.2 Å². The number of aliphatic hydroxyl groups excluding tert-OH is 1. The quantitative estimate of drug-likeness (QED) is 0.444. The molecule has 3 nitrogen and oxygen atoms in total. The van der Waals surface area contributed by atoms with E-state index < -0.39 is 11.5 Å². The van der Waals surface area contributed by atoms with Gasteiger partial charge in [0.2, 0.25) is 0 Å². The summed E-state index contributed by atoms with van der Waals surface area (Å²) in [6.07, 6.45) is 13.6. The van der Waals surface area contributed by atoms with E-state index in [1.54, 1.807) is 6.92 Å². The van der Waals surface area contributed by atoms with Crippen LogP contribution in [0, 0.1) is 17.3 Å². The Hall–Kier alpha value is -1.09. The third-order valence-corrected chi connectivity index (χ3v) is 8.36. The van der Waals surface area contributed by atoms with Crippen LogP contribution in [0.2, 0.25) is 0 Å². The number of halogens is 1. The number of nitrogens with zero attached hydrogens (tertiary/aromatic N) is 1. The molecule has 4 unspecified atom stereocenters. The second-order valence-electron chi connectivity index (χ2n) is 11.6. The first-order valence-electron chi connectivity index (χ1n) is 12.6. The van der Waals surface area contributed by atoms with Crippen LogP contribution in [0.15, 0.2) is 52.2 Å². The molecule has 4 aliphatic rings. The first kappa shape index (κ1) is 25.0. The lowest BCUT2D eigenvalue weighted by Crippen LogP contribution is -2.30. The number of allylic oxidation sites excluding steroid dienone is 3. The highest BCUT2D eigenvalue weighted by atomic mass is 31.0. The Labute approximate surface area is 201 Å². The number of ether oxygens (including phenoxy) is 1. The van der Waals surface area contributed by atoms with Crippen LogP contribution < -0.4 is 0 Å². The molecule has 1 saturated heterocycles. The molecule has 3 aliphatic carbocycles. The summed E-state index contributed by atoms with van der Waals surface area (Å²) in [4.78, 5) is 5.16. The molecular weight excluding hydrogens is 432 g/mol. The molecule has 1 heterocycles. The molecule has 0 bridgehead atoms. The van der Waals surface area contributed by atoms with E-state index in [1.807, 2.05) is 19.1 Å². The highest BCUT2D eigenvalue weighted by Gasteiger charge is 2.39. The van der Waals surface area contributed by atoms with Gasteiger partial charge in [-0.2, -0.15) is 0 Å². The van der Waals surface area contributed by atoms with E-state index in [2.05, 4.69) is 35.7 Å². The maximum absolute atomic E-state index is 14.3. The highest BCUT2D eigenvalue weighted by Crippen LogP contribution is 2.44. The summed E-state index contributed by atoms with van der Waals surface area (Å²) in [5.74, 6) is 0.517. The topological polar surface area (TPSA) is 41.8 Å². The Morgan fingerprint density at radius 3 is 2.64 bits per heavy atom. The molecular formula is C28H41FNO2P. The van der Waals surface area contributed by atoms with Crippen molar-refractivity contribution in [3.8, 4) is 0 Å². The fourth-order valence-electron chi connectivity index (χ4n) is 5.95. The van der Waals surface area contributed by atoms with Crippen LogP contribution in [0.1, 0.15) is 79.1 Å². The van der Waals surface area contributed by atoms with Gasteiger partial charge in [-0.1, -0.05) is 73.6 Å². The van der Waals surface area contributed by atoms with Gasteiger partial charge in [0.05, 0.1) is 17.9 Å². The minimum Gasteiger partial charge on any atom is -0.389 e. The van der Waals surface area contributed by atoms with Crippen LogP contribution in [0.4, 0.5) is 4.39 Å². The van der Waals surface area contributed by atoms with E-state index in [0.29, 0.717) is 12.3 Å². The van der Waals surface area contributed by atoms with E-state index in [-0.39, 0.29) is 23.5 Å². The monoisotopic (exact) mass is 473 g/mol. The van der Waals surface area contributed by atoms with Crippen molar-refractivity contribution in [1.29, 1.82) is 0 Å². The first-order valence-corrected chi connectivity index (χ1v) is 13.2. The summed E-state index contributed by atoms with van der Waals surface area (Å²) in [5.41, 5.74) is 5.01. The van der Waals surface area contributed by atoms with Gasteiger partial charge in [-0.15, -0.1) is 0 Å². The van der Waals surface area contributed by atoms with Crippen LogP contribution in [0.25, 0.3) is 0 Å². The van der Waals surface area contributed by atoms with E-state index in [9.17, 15) is 9.50 Å². The van der Waals surface area contributed by atoms with Crippen molar-refractivity contribution in [3.63, 3.8) is 0 Å². The summed E-state index contributed by atoms with van der Waals surface area (Å²) >= 11 is 0. The summed E-state index contributed by atoms with van der Waals surface area (Å²) < 4.78 is 20.6. The first-order chi connectivity index (χ1) is 15.4. The second-order valence-corrected chi connectivity index (χ2v) is 12.8. The van der Waals surface area contributed by atoms with E-state index in [1.165, 1.54) is 25.7 Å². The predicted molar refractivity (Wildman–Crippen MR) is 138 cm³/mol. The molecule has 0 aromatic heterocycles. The van der Waals surface area contributed by atoms with Crippen LogP contribution in [-0.2, 0) is 4.74 Å². The normalized spacial score (nSPS) is 35.9. The molecule has 0 aromatic carbocycles. The van der Waals surface area contributed by atoms with Crippen molar-refractivity contribution in [2.45, 2.75) is 103 Å². The van der Waals surface area contributed by atoms with E-state index in [0.717, 1.165) is 47.4 Å². The molecule has 0 aromatic rings. The minimum absolute atomic E-state index is 0.0161. The molecule has 33 heavy (non-hydrogen) atoms. The van der Waals surface area contributed by atoms with Gasteiger partial charge in [0, 0.05) is 17.2 Å². The van der Waals surface area contributed by atoms with Gasteiger partial charge in [0.25, 0.3) is 0 Å².